The quantitative estimate of drug-likeness (QED) is 0.228. The Morgan fingerprint density at radius 2 is 1.49 bits per heavy atom. The standard InChI is InChI=1S/C27H35N5O7/c1-18(31-27(38)39-17-21-11-7-4-8-12-21)25(35)32(16-23(33)30-19(2)26(36)37)14-13-29-24(34)22(28)15-20-9-5-3-6-10-20/h3-12,18-19,22H,13-17,28H2,1-2H3,(H,29,34)(H,30,33)(H,31,38)(H,36,37)/t18-,19-,22-/m0/s1. The molecule has 0 fully saturated rings. The van der Waals surface area contributed by atoms with E-state index in [1.807, 2.05) is 36.4 Å². The molecule has 12 nitrogen and oxygen atoms in total. The van der Waals surface area contributed by atoms with Crippen molar-refractivity contribution in [2.24, 2.45) is 5.73 Å². The first-order valence-corrected chi connectivity index (χ1v) is 12.4. The summed E-state index contributed by atoms with van der Waals surface area (Å²) in [5.74, 6) is -3.03. The van der Waals surface area contributed by atoms with Gasteiger partial charge in [0.2, 0.25) is 17.7 Å². The van der Waals surface area contributed by atoms with Crippen molar-refractivity contribution >= 4 is 29.8 Å². The molecule has 0 saturated carbocycles. The Balaban J connectivity index is 1.95. The molecule has 0 aliphatic carbocycles. The second-order valence-corrected chi connectivity index (χ2v) is 8.90. The molecule has 210 valence electrons. The summed E-state index contributed by atoms with van der Waals surface area (Å²) in [5.41, 5.74) is 7.64. The molecule has 2 aromatic rings. The number of benzene rings is 2. The third-order valence-corrected chi connectivity index (χ3v) is 5.63. The fourth-order valence-electron chi connectivity index (χ4n) is 3.47. The number of rotatable bonds is 14. The third-order valence-electron chi connectivity index (χ3n) is 5.63. The Hall–Kier alpha value is -4.45. The van der Waals surface area contributed by atoms with E-state index in [-0.39, 0.29) is 19.7 Å². The molecule has 0 heterocycles. The highest BCUT2D eigenvalue weighted by Gasteiger charge is 2.26. The molecule has 2 aromatic carbocycles. The number of nitrogens with zero attached hydrogens (tertiary/aromatic N) is 1. The first kappa shape index (κ1) is 30.8. The predicted octanol–water partition coefficient (Wildman–Crippen LogP) is 0.405. The lowest BCUT2D eigenvalue weighted by Gasteiger charge is -2.26. The number of carbonyl (C=O) groups excluding carboxylic acids is 4. The highest BCUT2D eigenvalue weighted by atomic mass is 16.5. The molecule has 2 rings (SSSR count). The summed E-state index contributed by atoms with van der Waals surface area (Å²) < 4.78 is 5.14. The third kappa shape index (κ3) is 11.2. The van der Waals surface area contributed by atoms with Crippen LogP contribution in [0.25, 0.3) is 0 Å². The lowest BCUT2D eigenvalue weighted by molar-refractivity contribution is -0.142. The molecule has 39 heavy (non-hydrogen) atoms. The van der Waals surface area contributed by atoms with Gasteiger partial charge in [-0.05, 0) is 31.4 Å². The largest absolute Gasteiger partial charge is 0.480 e. The summed E-state index contributed by atoms with van der Waals surface area (Å²) in [6.07, 6.45) is -0.514. The van der Waals surface area contributed by atoms with Crippen LogP contribution in [0.1, 0.15) is 25.0 Å². The van der Waals surface area contributed by atoms with Gasteiger partial charge in [0, 0.05) is 13.1 Å². The van der Waals surface area contributed by atoms with Gasteiger partial charge in [0.25, 0.3) is 0 Å². The molecule has 0 aliphatic rings. The number of nitrogens with one attached hydrogen (secondary N) is 3. The minimum absolute atomic E-state index is 0.00203. The van der Waals surface area contributed by atoms with Crippen LogP contribution in [0.5, 0.6) is 0 Å². The number of alkyl carbamates (subject to hydrolysis) is 1. The van der Waals surface area contributed by atoms with Gasteiger partial charge in [0.05, 0.1) is 12.6 Å². The van der Waals surface area contributed by atoms with E-state index in [4.69, 9.17) is 15.6 Å². The smallest absolute Gasteiger partial charge is 0.408 e. The normalized spacial score (nSPS) is 12.8. The van der Waals surface area contributed by atoms with E-state index in [1.165, 1.54) is 13.8 Å². The molecule has 4 amide bonds. The number of hydrogen-bond donors (Lipinski definition) is 5. The van der Waals surface area contributed by atoms with Gasteiger partial charge in [-0.25, -0.2) is 4.79 Å². The molecule has 0 spiro atoms. The van der Waals surface area contributed by atoms with Crippen molar-refractivity contribution in [1.29, 1.82) is 0 Å². The molecular weight excluding hydrogens is 506 g/mol. The predicted molar refractivity (Wildman–Crippen MR) is 142 cm³/mol. The van der Waals surface area contributed by atoms with E-state index in [2.05, 4.69) is 16.0 Å². The fourth-order valence-corrected chi connectivity index (χ4v) is 3.47. The van der Waals surface area contributed by atoms with Crippen molar-refractivity contribution in [2.75, 3.05) is 19.6 Å². The first-order valence-electron chi connectivity index (χ1n) is 12.4. The number of aliphatic carboxylic acids is 1. The van der Waals surface area contributed by atoms with Crippen LogP contribution in [0.15, 0.2) is 60.7 Å². The van der Waals surface area contributed by atoms with E-state index >= 15 is 0 Å². The number of carboxylic acid groups (broad SMARTS) is 1. The zero-order chi connectivity index (χ0) is 28.8. The molecule has 0 aromatic heterocycles. The van der Waals surface area contributed by atoms with Crippen LogP contribution in [0.3, 0.4) is 0 Å². The maximum Gasteiger partial charge on any atom is 0.408 e. The second-order valence-electron chi connectivity index (χ2n) is 8.90. The van der Waals surface area contributed by atoms with Gasteiger partial charge in [-0.1, -0.05) is 60.7 Å². The molecule has 0 saturated heterocycles. The van der Waals surface area contributed by atoms with Crippen LogP contribution in [0, 0.1) is 0 Å². The van der Waals surface area contributed by atoms with Gasteiger partial charge in [0.15, 0.2) is 0 Å². The summed E-state index contributed by atoms with van der Waals surface area (Å²) in [7, 11) is 0. The molecule has 0 bridgehead atoms. The zero-order valence-electron chi connectivity index (χ0n) is 22.0. The van der Waals surface area contributed by atoms with E-state index in [1.54, 1.807) is 24.3 Å². The Morgan fingerprint density at radius 1 is 0.897 bits per heavy atom. The molecule has 6 N–H and O–H groups in total. The van der Waals surface area contributed by atoms with Crippen molar-refractivity contribution in [3.8, 4) is 0 Å². The number of amides is 4. The number of carboxylic acids is 1. The molecule has 12 heteroatoms. The van der Waals surface area contributed by atoms with Crippen LogP contribution in [0.2, 0.25) is 0 Å². The van der Waals surface area contributed by atoms with Crippen molar-refractivity contribution in [3.63, 3.8) is 0 Å². The number of nitrogens with two attached hydrogens (primary N) is 1. The van der Waals surface area contributed by atoms with Crippen LogP contribution in [-0.4, -0.2) is 77.6 Å². The Labute approximate surface area is 226 Å². The van der Waals surface area contributed by atoms with Crippen LogP contribution >= 0.6 is 0 Å². The highest BCUT2D eigenvalue weighted by molar-refractivity contribution is 5.90. The number of ether oxygens (including phenoxy) is 1. The van der Waals surface area contributed by atoms with Gasteiger partial charge in [-0.2, -0.15) is 0 Å². The van der Waals surface area contributed by atoms with Crippen molar-refractivity contribution in [2.45, 2.75) is 45.0 Å². The summed E-state index contributed by atoms with van der Waals surface area (Å²) in [5, 5.41) is 16.4. The van der Waals surface area contributed by atoms with Gasteiger partial charge >= 0.3 is 12.1 Å². The summed E-state index contributed by atoms with van der Waals surface area (Å²) in [4.78, 5) is 62.3. The molecule has 3 atom stereocenters. The van der Waals surface area contributed by atoms with E-state index < -0.39 is 54.5 Å². The van der Waals surface area contributed by atoms with E-state index in [9.17, 15) is 24.0 Å². The van der Waals surface area contributed by atoms with Crippen LogP contribution in [-0.2, 0) is 36.9 Å². The Kier molecular flexibility index (Phi) is 12.4. The summed E-state index contributed by atoms with van der Waals surface area (Å²) in [6.45, 7) is 2.09. The maximum atomic E-state index is 13.1. The molecule has 0 unspecified atom stereocenters. The second kappa shape index (κ2) is 15.7. The SMILES string of the molecule is C[C@H](NC(=O)CN(CCNC(=O)[C@@H](N)Cc1ccccc1)C(=O)[C@H](C)NC(=O)OCc1ccccc1)C(=O)O. The van der Waals surface area contributed by atoms with Crippen LogP contribution in [0.4, 0.5) is 4.79 Å². The van der Waals surface area contributed by atoms with Gasteiger partial charge in [-0.15, -0.1) is 0 Å². The number of carbonyl (C=O) groups is 5. The van der Waals surface area contributed by atoms with Gasteiger partial charge < -0.3 is 36.4 Å². The lowest BCUT2D eigenvalue weighted by Crippen LogP contribution is -2.53. The maximum absolute atomic E-state index is 13.1. The highest BCUT2D eigenvalue weighted by Crippen LogP contribution is 2.03. The Morgan fingerprint density at radius 3 is 2.08 bits per heavy atom. The average molecular weight is 542 g/mol. The molecular formula is C27H35N5O7. The van der Waals surface area contributed by atoms with Gasteiger partial charge in [-0.3, -0.25) is 19.2 Å². The monoisotopic (exact) mass is 541 g/mol. The fraction of sp³-hybridized carbons (Fsp3) is 0.370. The Bertz CT molecular complexity index is 1110. The van der Waals surface area contributed by atoms with Crippen LogP contribution < -0.4 is 21.7 Å². The van der Waals surface area contributed by atoms with Crippen molar-refractivity contribution in [3.05, 3.63) is 71.8 Å². The average Bonchev–Trinajstić information content (AvgIpc) is 2.91. The number of hydrogen-bond acceptors (Lipinski definition) is 7. The first-order chi connectivity index (χ1) is 18.6. The minimum atomic E-state index is -1.24. The lowest BCUT2D eigenvalue weighted by atomic mass is 10.1. The van der Waals surface area contributed by atoms with E-state index in [0.717, 1.165) is 16.0 Å². The molecule has 0 radical (unpaired) electrons. The summed E-state index contributed by atoms with van der Waals surface area (Å²) in [6, 6.07) is 15.1. The van der Waals surface area contributed by atoms with Gasteiger partial charge in [0.1, 0.15) is 18.7 Å². The minimum Gasteiger partial charge on any atom is -0.480 e. The zero-order valence-corrected chi connectivity index (χ0v) is 22.0. The van der Waals surface area contributed by atoms with Crippen molar-refractivity contribution in [1.82, 2.24) is 20.9 Å². The van der Waals surface area contributed by atoms with Crippen molar-refractivity contribution < 1.29 is 33.8 Å². The molecule has 0 aliphatic heterocycles. The topological polar surface area (TPSA) is 180 Å². The summed E-state index contributed by atoms with van der Waals surface area (Å²) >= 11 is 0. The van der Waals surface area contributed by atoms with E-state index in [0.29, 0.717) is 6.42 Å².